The van der Waals surface area contributed by atoms with E-state index in [4.69, 9.17) is 0 Å². The van der Waals surface area contributed by atoms with Gasteiger partial charge in [-0.2, -0.15) is 0 Å². The zero-order valence-electron chi connectivity index (χ0n) is 17.8. The highest BCUT2D eigenvalue weighted by Crippen LogP contribution is 2.43. The number of hydrogen-bond donors (Lipinski definition) is 3. The lowest BCUT2D eigenvalue weighted by Crippen LogP contribution is -2.38. The summed E-state index contributed by atoms with van der Waals surface area (Å²) in [7, 11) is -3.76. The minimum absolute atomic E-state index is 0.191. The first-order valence-electron chi connectivity index (χ1n) is 10.8. The molecule has 7 nitrogen and oxygen atoms in total. The number of sulfonamides is 1. The molecule has 1 aromatic carbocycles. The van der Waals surface area contributed by atoms with Crippen molar-refractivity contribution in [2.45, 2.75) is 63.3 Å². The van der Waals surface area contributed by atoms with Crippen LogP contribution >= 0.6 is 0 Å². The van der Waals surface area contributed by atoms with Crippen molar-refractivity contribution < 1.29 is 13.2 Å². The Bertz CT molecular complexity index is 1080. The van der Waals surface area contributed by atoms with Gasteiger partial charge >= 0.3 is 6.03 Å². The number of urea groups is 1. The molecule has 2 aromatic rings. The summed E-state index contributed by atoms with van der Waals surface area (Å²) in [5.74, 6) is 0.613. The van der Waals surface area contributed by atoms with Crippen LogP contribution in [-0.4, -0.2) is 32.5 Å². The smallest absolute Gasteiger partial charge is 0.315 e. The fraction of sp³-hybridized carbons (Fsp3) is 0.545. The highest BCUT2D eigenvalue weighted by atomic mass is 32.2. The van der Waals surface area contributed by atoms with Gasteiger partial charge in [0.15, 0.2) is 0 Å². The van der Waals surface area contributed by atoms with Crippen LogP contribution in [0.4, 0.5) is 4.79 Å². The van der Waals surface area contributed by atoms with Crippen LogP contribution in [0.1, 0.15) is 68.8 Å². The van der Waals surface area contributed by atoms with Crippen molar-refractivity contribution in [3.05, 3.63) is 35.2 Å². The van der Waals surface area contributed by atoms with E-state index in [9.17, 15) is 13.2 Å². The van der Waals surface area contributed by atoms with Gasteiger partial charge in [0.2, 0.25) is 10.0 Å². The molecule has 1 fully saturated rings. The van der Waals surface area contributed by atoms with Crippen LogP contribution < -0.4 is 15.4 Å². The molecule has 3 N–H and O–H groups in total. The molecule has 0 radical (unpaired) electrons. The monoisotopic (exact) mass is 430 g/mol. The van der Waals surface area contributed by atoms with Gasteiger partial charge in [-0.1, -0.05) is 13.8 Å². The highest BCUT2D eigenvalue weighted by Gasteiger charge is 2.34. The van der Waals surface area contributed by atoms with E-state index in [-0.39, 0.29) is 18.0 Å². The van der Waals surface area contributed by atoms with E-state index in [2.05, 4.69) is 20.3 Å². The Morgan fingerprint density at radius 3 is 2.67 bits per heavy atom. The van der Waals surface area contributed by atoms with Crippen molar-refractivity contribution in [1.82, 2.24) is 20.3 Å². The fourth-order valence-electron chi connectivity index (χ4n) is 4.14. The Morgan fingerprint density at radius 2 is 2.00 bits per heavy atom. The molecule has 162 valence electrons. The molecule has 2 aliphatic rings. The zero-order valence-corrected chi connectivity index (χ0v) is 18.6. The average Bonchev–Trinajstić information content (AvgIpc) is 3.47. The zero-order chi connectivity index (χ0) is 21.5. The van der Waals surface area contributed by atoms with E-state index in [1.807, 2.05) is 32.9 Å². The van der Waals surface area contributed by atoms with Crippen LogP contribution in [-0.2, 0) is 16.4 Å². The van der Waals surface area contributed by atoms with E-state index in [1.54, 1.807) is 6.20 Å². The third kappa shape index (κ3) is 4.16. The molecular formula is C22H30N4O3S. The lowest BCUT2D eigenvalue weighted by Gasteiger charge is -2.21. The fourth-order valence-corrected chi connectivity index (χ4v) is 5.86. The molecule has 30 heavy (non-hydrogen) atoms. The number of nitrogens with one attached hydrogen (secondary N) is 3. The van der Waals surface area contributed by atoms with Gasteiger partial charge in [0.25, 0.3) is 0 Å². The minimum atomic E-state index is -3.76. The maximum atomic E-state index is 13.5. The molecular weight excluding hydrogens is 400 g/mol. The van der Waals surface area contributed by atoms with Crippen molar-refractivity contribution >= 4 is 26.8 Å². The Balaban J connectivity index is 1.87. The summed E-state index contributed by atoms with van der Waals surface area (Å²) < 4.78 is 29.8. The van der Waals surface area contributed by atoms with Gasteiger partial charge < -0.3 is 10.6 Å². The van der Waals surface area contributed by atoms with E-state index in [0.717, 1.165) is 41.5 Å². The molecule has 2 aliphatic carbocycles. The second kappa shape index (κ2) is 8.15. The van der Waals surface area contributed by atoms with Gasteiger partial charge in [0.05, 0.1) is 10.9 Å². The van der Waals surface area contributed by atoms with Crippen LogP contribution in [0.3, 0.4) is 0 Å². The van der Waals surface area contributed by atoms with Crippen molar-refractivity contribution in [3.63, 3.8) is 0 Å². The molecule has 1 aromatic heterocycles. The van der Waals surface area contributed by atoms with Crippen LogP contribution in [0.15, 0.2) is 23.2 Å². The van der Waals surface area contributed by atoms with Gasteiger partial charge in [-0.3, -0.25) is 4.98 Å². The number of benzene rings is 1. The predicted molar refractivity (Wildman–Crippen MR) is 117 cm³/mol. The average molecular weight is 431 g/mol. The highest BCUT2D eigenvalue weighted by molar-refractivity contribution is 7.89. The lowest BCUT2D eigenvalue weighted by molar-refractivity contribution is 0.237. The van der Waals surface area contributed by atoms with Crippen molar-refractivity contribution in [2.75, 3.05) is 13.1 Å². The summed E-state index contributed by atoms with van der Waals surface area (Å²) in [6, 6.07) is 3.37. The second-order valence-electron chi connectivity index (χ2n) is 8.72. The Morgan fingerprint density at radius 1 is 1.23 bits per heavy atom. The van der Waals surface area contributed by atoms with Crippen molar-refractivity contribution in [2.24, 2.45) is 5.92 Å². The van der Waals surface area contributed by atoms with E-state index in [1.165, 1.54) is 0 Å². The van der Waals surface area contributed by atoms with Gasteiger partial charge in [0.1, 0.15) is 0 Å². The number of aryl methyl sites for hydroxylation is 1. The minimum Gasteiger partial charge on any atom is -0.338 e. The van der Waals surface area contributed by atoms with E-state index in [0.29, 0.717) is 35.7 Å². The SMILES string of the molecule is CCNC(=O)NC1CCc2cc3cnc(C4CC4)cc3c(S(=O)(=O)NCC(C)C)c21. The van der Waals surface area contributed by atoms with Crippen LogP contribution in [0, 0.1) is 5.92 Å². The maximum Gasteiger partial charge on any atom is 0.315 e. The molecule has 0 bridgehead atoms. The molecule has 2 amide bonds. The largest absolute Gasteiger partial charge is 0.338 e. The number of carbonyl (C=O) groups is 1. The van der Waals surface area contributed by atoms with Crippen LogP contribution in [0.5, 0.6) is 0 Å². The Kier molecular flexibility index (Phi) is 5.72. The van der Waals surface area contributed by atoms with Gasteiger partial charge in [-0.15, -0.1) is 0 Å². The predicted octanol–water partition coefficient (Wildman–Crippen LogP) is 3.35. The second-order valence-corrected chi connectivity index (χ2v) is 10.4. The molecule has 1 unspecified atom stereocenters. The standard InChI is InChI=1S/C22H30N4O3S/c1-4-23-22(27)26-18-8-7-15-9-16-12-24-19(14-5-6-14)10-17(16)21(20(15)18)30(28,29)25-11-13(2)3/h9-10,12-14,18,25H,4-8,11H2,1-3H3,(H2,23,26,27). The Hall–Kier alpha value is -2.19. The third-order valence-corrected chi connectivity index (χ3v) is 7.28. The maximum absolute atomic E-state index is 13.5. The summed E-state index contributed by atoms with van der Waals surface area (Å²) in [6.45, 7) is 6.69. The Labute approximate surface area is 178 Å². The molecule has 0 spiro atoms. The summed E-state index contributed by atoms with van der Waals surface area (Å²) in [5.41, 5.74) is 2.64. The number of aromatic nitrogens is 1. The van der Waals surface area contributed by atoms with Gasteiger partial charge in [-0.25, -0.2) is 17.9 Å². The molecule has 0 saturated heterocycles. The van der Waals surface area contributed by atoms with Crippen molar-refractivity contribution in [3.8, 4) is 0 Å². The number of hydrogen-bond acceptors (Lipinski definition) is 4. The normalized spacial score (nSPS) is 18.6. The quantitative estimate of drug-likeness (QED) is 0.627. The lowest BCUT2D eigenvalue weighted by atomic mass is 10.0. The topological polar surface area (TPSA) is 100 Å². The molecule has 1 atom stereocenters. The molecule has 8 heteroatoms. The number of pyridine rings is 1. The summed E-state index contributed by atoms with van der Waals surface area (Å²) in [4.78, 5) is 17.1. The molecule has 0 aliphatic heterocycles. The van der Waals surface area contributed by atoms with Crippen LogP contribution in [0.25, 0.3) is 10.8 Å². The number of amides is 2. The molecule has 1 heterocycles. The first-order valence-corrected chi connectivity index (χ1v) is 12.3. The third-order valence-electron chi connectivity index (χ3n) is 5.76. The van der Waals surface area contributed by atoms with E-state index >= 15 is 0 Å². The van der Waals surface area contributed by atoms with Gasteiger partial charge in [-0.05, 0) is 61.8 Å². The van der Waals surface area contributed by atoms with E-state index < -0.39 is 10.0 Å². The van der Waals surface area contributed by atoms with Gasteiger partial charge in [0, 0.05) is 41.7 Å². The summed E-state index contributed by atoms with van der Waals surface area (Å²) in [5, 5.41) is 7.25. The number of rotatable bonds is 7. The first kappa shape index (κ1) is 21.1. The molecule has 1 saturated carbocycles. The number of nitrogens with zero attached hydrogens (tertiary/aromatic N) is 1. The van der Waals surface area contributed by atoms with Crippen LogP contribution in [0.2, 0.25) is 0 Å². The van der Waals surface area contributed by atoms with Crippen molar-refractivity contribution in [1.29, 1.82) is 0 Å². The number of fused-ring (bicyclic) bond motifs is 2. The number of carbonyl (C=O) groups excluding carboxylic acids is 1. The first-order chi connectivity index (χ1) is 14.3. The summed E-state index contributed by atoms with van der Waals surface area (Å²) >= 11 is 0. The summed E-state index contributed by atoms with van der Waals surface area (Å²) in [6.07, 6.45) is 5.39. The molecule has 4 rings (SSSR count).